The third kappa shape index (κ3) is 14.6. The Balaban J connectivity index is 0.000000120. The second-order valence-corrected chi connectivity index (χ2v) is 38.4. The van der Waals surface area contributed by atoms with Crippen LogP contribution in [0.4, 0.5) is 17.1 Å². The molecule has 21 rings (SSSR count). The van der Waals surface area contributed by atoms with Crippen LogP contribution < -0.4 is 41.6 Å². The average Bonchev–Trinajstić information content (AvgIpc) is 1.57. The van der Waals surface area contributed by atoms with E-state index in [1.54, 1.807) is 0 Å². The lowest BCUT2D eigenvalue weighted by atomic mass is 9.89. The van der Waals surface area contributed by atoms with Crippen molar-refractivity contribution in [3.05, 3.63) is 441 Å². The van der Waals surface area contributed by atoms with Crippen LogP contribution >= 0.6 is 29.3 Å². The highest BCUT2D eigenvalue weighted by molar-refractivity contribution is 8.20. The summed E-state index contributed by atoms with van der Waals surface area (Å²) >= 11 is 0. The minimum Gasteiger partial charge on any atom is -0.587 e. The van der Waals surface area contributed by atoms with E-state index in [4.69, 9.17) is 19.9 Å². The van der Waals surface area contributed by atoms with Gasteiger partial charge >= 0.3 is 15.0 Å². The van der Waals surface area contributed by atoms with Gasteiger partial charge in [-0.2, -0.15) is 0 Å². The van der Waals surface area contributed by atoms with Crippen molar-refractivity contribution in [2.75, 3.05) is 4.90 Å². The van der Waals surface area contributed by atoms with Gasteiger partial charge in [-0.05, 0) is 130 Å². The SMILES string of the molecule is O=P(c1ccccc1)(c1ccccc1)c1ccc2c(c1)C(c1ccccc1)c1cc(P(=O)(c3ccccc3)c3ccccc3)ccc1-2.O=[P+]([O-])P(=O)(OO)OO.c1cc(-n2c3ccccc3c3ccccc32)nc(-n2c3ccccc3c3ccccc32)c1.c1ccc(N(c2ccccc2)c2cccc(-c3cnc4oc5ccccc5c4c3)c2)cc1. The van der Waals surface area contributed by atoms with E-state index in [0.717, 1.165) is 116 Å². The quantitative estimate of drug-likeness (QED) is 0.0526. The van der Waals surface area contributed by atoms with E-state index >= 15 is 9.13 Å². The number of pyridine rings is 2. The molecule has 0 bridgehead atoms. The fourth-order valence-electron chi connectivity index (χ4n) is 16.3. The molecular formula is C101H73N5O10P4. The first kappa shape index (κ1) is 77.6. The molecule has 0 saturated heterocycles. The summed E-state index contributed by atoms with van der Waals surface area (Å²) in [5.74, 6) is 1.73. The van der Waals surface area contributed by atoms with Crippen molar-refractivity contribution in [1.29, 1.82) is 0 Å². The monoisotopic (exact) mass is 1640 g/mol. The highest BCUT2D eigenvalue weighted by Crippen LogP contribution is 2.64. The maximum atomic E-state index is 15.4. The summed E-state index contributed by atoms with van der Waals surface area (Å²) in [6.07, 6.45) is 1.89. The van der Waals surface area contributed by atoms with Crippen LogP contribution in [0.2, 0.25) is 0 Å². The van der Waals surface area contributed by atoms with E-state index < -0.39 is 29.3 Å². The molecule has 0 fully saturated rings. The summed E-state index contributed by atoms with van der Waals surface area (Å²) in [5.41, 5.74) is 17.3. The lowest BCUT2D eigenvalue weighted by molar-refractivity contribution is -0.212. The number of aromatic nitrogens is 4. The maximum absolute atomic E-state index is 15.4. The van der Waals surface area contributed by atoms with Crippen LogP contribution in [0.3, 0.4) is 0 Å². The molecule has 0 aliphatic heterocycles. The molecule has 1 atom stereocenters. The minimum atomic E-state index is -4.69. The summed E-state index contributed by atoms with van der Waals surface area (Å²) in [6, 6.07) is 143. The van der Waals surface area contributed by atoms with Crippen molar-refractivity contribution >= 4 is 144 Å². The number of rotatable bonds is 16. The van der Waals surface area contributed by atoms with Crippen molar-refractivity contribution in [3.8, 4) is 33.9 Å². The summed E-state index contributed by atoms with van der Waals surface area (Å²) < 4.78 is 66.7. The number of furan rings is 1. The first-order valence-corrected chi connectivity index (χ1v) is 45.7. The van der Waals surface area contributed by atoms with Gasteiger partial charge in [-0.1, -0.05) is 326 Å². The number of hydrogen-bond donors (Lipinski definition) is 2. The highest BCUT2D eigenvalue weighted by Gasteiger charge is 2.43. The smallest absolute Gasteiger partial charge is 0.587 e. The Morgan fingerprint density at radius 2 is 0.708 bits per heavy atom. The molecule has 1 aliphatic carbocycles. The summed E-state index contributed by atoms with van der Waals surface area (Å²) in [6.45, 7) is 0. The van der Waals surface area contributed by atoms with E-state index in [-0.39, 0.29) is 5.92 Å². The molecular weight excluding hydrogens is 1570 g/mol. The van der Waals surface area contributed by atoms with E-state index in [1.165, 1.54) is 43.6 Å². The van der Waals surface area contributed by atoms with E-state index in [1.807, 2.05) is 176 Å². The standard InChI is InChI=1S/C43H32O2P2.C29H19N3.C29H20N2O.H2O7P2/c44-46(33-18-8-2-9-19-33,34-20-10-3-11-21-34)37-26-28-39-40-29-27-38(31-42(40)43(41(39)30-37)32-16-6-1-7-17-32)47(45,35-22-12-4-13-23-35)36-24-14-5-15-25-36;1-5-14-24-20(10-1)21-11-2-6-15-25(21)31(24)28-18-9-19-29(30-28)32-26-16-7-3-12-22(26)23-13-4-8-17-27(23)32;1-3-11-23(12-4-1)31(24-13-5-2-6-14-24)25-15-9-10-21(18-25)22-19-27-26-16-7-8-17-28(26)32-29(27)30-20-22;1-6-9(5,7-2)8(3)4/h1-31,43H;1-19H;1-20H;1-2H. The Kier molecular flexibility index (Phi) is 21.8. The lowest BCUT2D eigenvalue weighted by Crippen LogP contribution is -2.25. The topological polar surface area (TPSA) is 202 Å². The zero-order valence-corrected chi connectivity index (χ0v) is 67.8. The zero-order valence-electron chi connectivity index (χ0n) is 64.2. The Morgan fingerprint density at radius 3 is 1.11 bits per heavy atom. The van der Waals surface area contributed by atoms with Gasteiger partial charge in [0.1, 0.15) is 17.2 Å². The number of para-hydroxylation sites is 7. The number of hydrogen-bond acceptors (Lipinski definition) is 13. The van der Waals surface area contributed by atoms with Crippen LogP contribution in [0.1, 0.15) is 22.6 Å². The van der Waals surface area contributed by atoms with Crippen LogP contribution in [0.25, 0.3) is 99.6 Å². The molecule has 582 valence electrons. The van der Waals surface area contributed by atoms with Gasteiger partial charge in [0, 0.05) is 98.9 Å². The van der Waals surface area contributed by atoms with Gasteiger partial charge in [0.25, 0.3) is 0 Å². The van der Waals surface area contributed by atoms with Gasteiger partial charge in [-0.25, -0.2) is 25.0 Å². The first-order valence-electron chi connectivity index (χ1n) is 38.8. The third-order valence-corrected chi connectivity index (χ3v) is 30.3. The molecule has 120 heavy (non-hydrogen) atoms. The molecule has 0 radical (unpaired) electrons. The molecule has 15 aromatic carbocycles. The first-order chi connectivity index (χ1) is 58.9. The van der Waals surface area contributed by atoms with E-state index in [2.05, 4.69) is 277 Å². The van der Waals surface area contributed by atoms with Crippen molar-refractivity contribution < 1.29 is 47.4 Å². The zero-order chi connectivity index (χ0) is 81.7. The third-order valence-electron chi connectivity index (χ3n) is 21.8. The summed E-state index contributed by atoms with van der Waals surface area (Å²) in [7, 11) is -14.7. The van der Waals surface area contributed by atoms with Gasteiger partial charge in [0.05, 0.1) is 22.1 Å². The van der Waals surface area contributed by atoms with Crippen LogP contribution in [-0.4, -0.2) is 29.6 Å². The van der Waals surface area contributed by atoms with Crippen LogP contribution in [0.15, 0.2) is 429 Å². The molecule has 5 heterocycles. The van der Waals surface area contributed by atoms with Crippen molar-refractivity contribution in [1.82, 2.24) is 19.1 Å². The van der Waals surface area contributed by atoms with Crippen molar-refractivity contribution in [3.63, 3.8) is 0 Å². The van der Waals surface area contributed by atoms with Gasteiger partial charge in [0.2, 0.25) is 5.71 Å². The average molecular weight is 1640 g/mol. The van der Waals surface area contributed by atoms with Crippen molar-refractivity contribution in [2.45, 2.75) is 5.92 Å². The molecule has 1 unspecified atom stereocenters. The Bertz CT molecular complexity index is 6790. The summed E-state index contributed by atoms with van der Waals surface area (Å²) in [4.78, 5) is 21.7. The second kappa shape index (κ2) is 33.8. The predicted octanol–water partition coefficient (Wildman–Crippen LogP) is 23.7. The number of nitrogens with zero attached hydrogens (tertiary/aromatic N) is 5. The number of fused-ring (bicyclic) bond motifs is 12. The van der Waals surface area contributed by atoms with Gasteiger partial charge in [-0.3, -0.25) is 9.13 Å². The molecule has 0 saturated carbocycles. The fourth-order valence-corrected chi connectivity index (χ4v) is 22.2. The fraction of sp³-hybridized carbons (Fsp3) is 0.00990. The summed E-state index contributed by atoms with van der Waals surface area (Å²) in [5, 5.41) is 27.0. The Labute approximate surface area is 692 Å². The number of anilines is 3. The highest BCUT2D eigenvalue weighted by atomic mass is 32.1. The predicted molar refractivity (Wildman–Crippen MR) is 485 cm³/mol. The second-order valence-electron chi connectivity index (χ2n) is 28.6. The lowest BCUT2D eigenvalue weighted by Gasteiger charge is -2.25. The maximum Gasteiger partial charge on any atom is 0.621 e. The van der Waals surface area contributed by atoms with Crippen LogP contribution in [0, 0.1) is 0 Å². The van der Waals surface area contributed by atoms with E-state index in [9.17, 15) is 14.0 Å². The molecule has 19 heteroatoms. The molecule has 2 N–H and O–H groups in total. The molecule has 0 spiro atoms. The molecule has 1 aliphatic rings. The Hall–Kier alpha value is -13.6. The minimum absolute atomic E-state index is 0.110. The number of benzene rings is 15. The molecule has 15 nitrogen and oxygen atoms in total. The van der Waals surface area contributed by atoms with Crippen molar-refractivity contribution in [2.24, 2.45) is 0 Å². The van der Waals surface area contributed by atoms with Gasteiger partial charge < -0.3 is 23.3 Å². The molecule has 5 aromatic heterocycles. The van der Waals surface area contributed by atoms with Gasteiger partial charge in [-0.15, -0.1) is 9.35 Å². The van der Waals surface area contributed by atoms with E-state index in [0.29, 0.717) is 5.71 Å². The normalized spacial score (nSPS) is 12.1. The van der Waals surface area contributed by atoms with Gasteiger partial charge in [0.15, 0.2) is 14.3 Å². The van der Waals surface area contributed by atoms with Crippen LogP contribution in [0.5, 0.6) is 0 Å². The molecule has 20 aromatic rings. The largest absolute Gasteiger partial charge is 0.621 e. The molecule has 0 amide bonds. The Morgan fingerprint density at radius 1 is 0.350 bits per heavy atom. The van der Waals surface area contributed by atoms with Crippen LogP contribution in [-0.2, 0) is 27.6 Å².